The lowest BCUT2D eigenvalue weighted by Crippen LogP contribution is -2.41. The maximum absolute atomic E-state index is 12.4. The number of aromatic nitrogens is 8. The number of rotatable bonds is 4. The van der Waals surface area contributed by atoms with Crippen molar-refractivity contribution in [3.05, 3.63) is 48.4 Å². The summed E-state index contributed by atoms with van der Waals surface area (Å²) in [5.41, 5.74) is 2.95. The van der Waals surface area contributed by atoms with Crippen LogP contribution in [0.2, 0.25) is 0 Å². The van der Waals surface area contributed by atoms with E-state index in [4.69, 9.17) is 4.74 Å². The fourth-order valence-corrected chi connectivity index (χ4v) is 4.21. The SMILES string of the molecule is Cc1nc(-n2cnnn2)ccc1Nc1nccn2c(C3CCN(C(=O)OC(C)(C)C)CC3)cnc12. The number of amides is 1. The molecule has 35 heavy (non-hydrogen) atoms. The van der Waals surface area contributed by atoms with E-state index in [9.17, 15) is 4.79 Å². The molecule has 182 valence electrons. The fraction of sp³-hybridized carbons (Fsp3) is 0.435. The zero-order chi connectivity index (χ0) is 24.6. The maximum Gasteiger partial charge on any atom is 0.410 e. The summed E-state index contributed by atoms with van der Waals surface area (Å²) in [4.78, 5) is 27.9. The van der Waals surface area contributed by atoms with Gasteiger partial charge in [-0.1, -0.05) is 0 Å². The molecule has 0 aliphatic carbocycles. The van der Waals surface area contributed by atoms with E-state index >= 15 is 0 Å². The minimum absolute atomic E-state index is 0.250. The van der Waals surface area contributed by atoms with Crippen LogP contribution in [0.4, 0.5) is 16.3 Å². The van der Waals surface area contributed by atoms with Crippen LogP contribution in [0.3, 0.4) is 0 Å². The first-order valence-corrected chi connectivity index (χ1v) is 11.6. The molecule has 0 radical (unpaired) electrons. The summed E-state index contributed by atoms with van der Waals surface area (Å²) in [5, 5.41) is 14.5. The Morgan fingerprint density at radius 3 is 2.66 bits per heavy atom. The third-order valence-corrected chi connectivity index (χ3v) is 5.93. The zero-order valence-corrected chi connectivity index (χ0v) is 20.2. The van der Waals surface area contributed by atoms with Gasteiger partial charge in [0.25, 0.3) is 0 Å². The molecule has 0 bridgehead atoms. The second-order valence-electron chi connectivity index (χ2n) is 9.58. The number of carbonyl (C=O) groups is 1. The minimum Gasteiger partial charge on any atom is -0.444 e. The predicted octanol–water partition coefficient (Wildman–Crippen LogP) is 3.27. The number of nitrogens with zero attached hydrogens (tertiary/aromatic N) is 9. The number of nitrogens with one attached hydrogen (secondary N) is 1. The number of anilines is 2. The topological polar surface area (TPSA) is 128 Å². The number of aryl methyl sites for hydroxylation is 1. The molecule has 4 aromatic heterocycles. The van der Waals surface area contributed by atoms with Crippen molar-refractivity contribution in [2.24, 2.45) is 0 Å². The average molecular weight is 477 g/mol. The Morgan fingerprint density at radius 1 is 1.17 bits per heavy atom. The van der Waals surface area contributed by atoms with Crippen molar-refractivity contribution in [2.75, 3.05) is 18.4 Å². The summed E-state index contributed by atoms with van der Waals surface area (Å²) in [7, 11) is 0. The minimum atomic E-state index is -0.492. The number of pyridine rings is 1. The second kappa shape index (κ2) is 8.93. The van der Waals surface area contributed by atoms with Crippen LogP contribution in [-0.4, -0.2) is 69.2 Å². The van der Waals surface area contributed by atoms with Crippen LogP contribution < -0.4 is 5.32 Å². The molecule has 5 heterocycles. The molecule has 0 saturated carbocycles. The molecular weight excluding hydrogens is 448 g/mol. The Hall–Kier alpha value is -4.09. The van der Waals surface area contributed by atoms with E-state index in [-0.39, 0.29) is 12.0 Å². The van der Waals surface area contributed by atoms with Gasteiger partial charge in [0.1, 0.15) is 11.9 Å². The molecule has 1 saturated heterocycles. The van der Waals surface area contributed by atoms with Gasteiger partial charge in [-0.3, -0.25) is 4.40 Å². The van der Waals surface area contributed by atoms with Crippen LogP contribution in [0.1, 0.15) is 50.9 Å². The Morgan fingerprint density at radius 2 is 1.97 bits per heavy atom. The first kappa shape index (κ1) is 22.7. The van der Waals surface area contributed by atoms with Gasteiger partial charge in [0, 0.05) is 43.3 Å². The van der Waals surface area contributed by atoms with E-state index in [1.807, 2.05) is 52.2 Å². The van der Waals surface area contributed by atoms with Crippen molar-refractivity contribution >= 4 is 23.2 Å². The molecule has 4 aromatic rings. The van der Waals surface area contributed by atoms with E-state index in [0.29, 0.717) is 24.7 Å². The van der Waals surface area contributed by atoms with Gasteiger partial charge in [-0.25, -0.2) is 19.7 Å². The molecule has 1 aliphatic rings. The maximum atomic E-state index is 12.4. The van der Waals surface area contributed by atoms with Gasteiger partial charge >= 0.3 is 6.09 Å². The summed E-state index contributed by atoms with van der Waals surface area (Å²) < 4.78 is 9.10. The monoisotopic (exact) mass is 476 g/mol. The van der Waals surface area contributed by atoms with Crippen LogP contribution in [0.25, 0.3) is 11.5 Å². The Balaban J connectivity index is 1.32. The highest BCUT2D eigenvalue weighted by Gasteiger charge is 2.29. The van der Waals surface area contributed by atoms with Gasteiger partial charge < -0.3 is 15.0 Å². The van der Waals surface area contributed by atoms with Crippen molar-refractivity contribution in [1.82, 2.24) is 44.5 Å². The molecule has 0 atom stereocenters. The van der Waals surface area contributed by atoms with Crippen molar-refractivity contribution < 1.29 is 9.53 Å². The van der Waals surface area contributed by atoms with Gasteiger partial charge in [0.05, 0.1) is 11.4 Å². The molecule has 0 aromatic carbocycles. The summed E-state index contributed by atoms with van der Waals surface area (Å²) in [6, 6.07) is 3.75. The number of carbonyl (C=O) groups excluding carboxylic acids is 1. The number of imidazole rings is 1. The quantitative estimate of drug-likeness (QED) is 0.472. The summed E-state index contributed by atoms with van der Waals surface area (Å²) in [6.07, 6.45) is 8.53. The Bertz CT molecular complexity index is 1330. The van der Waals surface area contributed by atoms with Gasteiger partial charge in [0.2, 0.25) is 0 Å². The smallest absolute Gasteiger partial charge is 0.410 e. The Kier molecular flexibility index (Phi) is 5.79. The van der Waals surface area contributed by atoms with E-state index in [0.717, 1.165) is 35.6 Å². The largest absolute Gasteiger partial charge is 0.444 e. The van der Waals surface area contributed by atoms with Gasteiger partial charge in [-0.2, -0.15) is 4.68 Å². The lowest BCUT2D eigenvalue weighted by Gasteiger charge is -2.33. The highest BCUT2D eigenvalue weighted by molar-refractivity contribution is 5.71. The van der Waals surface area contributed by atoms with E-state index in [2.05, 4.69) is 40.2 Å². The van der Waals surface area contributed by atoms with E-state index in [1.165, 1.54) is 11.0 Å². The molecule has 1 aliphatic heterocycles. The molecule has 1 fully saturated rings. The van der Waals surface area contributed by atoms with Crippen LogP contribution >= 0.6 is 0 Å². The Labute approximate surface area is 202 Å². The first-order chi connectivity index (χ1) is 16.8. The van der Waals surface area contributed by atoms with Crippen LogP contribution in [0.5, 0.6) is 0 Å². The molecule has 0 unspecified atom stereocenters. The third-order valence-electron chi connectivity index (χ3n) is 5.93. The molecule has 5 rings (SSSR count). The molecule has 1 amide bonds. The van der Waals surface area contributed by atoms with Crippen LogP contribution in [-0.2, 0) is 4.74 Å². The highest BCUT2D eigenvalue weighted by Crippen LogP contribution is 2.31. The lowest BCUT2D eigenvalue weighted by atomic mass is 9.94. The highest BCUT2D eigenvalue weighted by atomic mass is 16.6. The summed E-state index contributed by atoms with van der Waals surface area (Å²) >= 11 is 0. The number of fused-ring (bicyclic) bond motifs is 1. The number of likely N-dealkylation sites (tertiary alicyclic amines) is 1. The van der Waals surface area contributed by atoms with Crippen molar-refractivity contribution in [2.45, 2.75) is 52.1 Å². The summed E-state index contributed by atoms with van der Waals surface area (Å²) in [5.74, 6) is 1.56. The van der Waals surface area contributed by atoms with Gasteiger partial charge in [-0.15, -0.1) is 5.10 Å². The van der Waals surface area contributed by atoms with Crippen LogP contribution in [0, 0.1) is 6.92 Å². The number of ether oxygens (including phenoxy) is 1. The number of tetrazole rings is 1. The predicted molar refractivity (Wildman–Crippen MR) is 128 cm³/mol. The normalized spacial score (nSPS) is 14.9. The lowest BCUT2D eigenvalue weighted by molar-refractivity contribution is 0.0204. The summed E-state index contributed by atoms with van der Waals surface area (Å²) in [6.45, 7) is 8.87. The number of hydrogen-bond donors (Lipinski definition) is 1. The fourth-order valence-electron chi connectivity index (χ4n) is 4.21. The third kappa shape index (κ3) is 4.77. The number of piperidine rings is 1. The molecule has 1 N–H and O–H groups in total. The average Bonchev–Trinajstić information content (AvgIpc) is 3.50. The molecule has 0 spiro atoms. The standard InChI is InChI=1S/C23H28N10O2/c1-15-17(5-6-19(27-15)33-14-26-29-30-33)28-20-21-25-13-18(32(21)12-9-24-20)16-7-10-31(11-8-16)22(34)35-23(2,3)4/h5-6,9,12-14,16H,7-8,10-11H2,1-4H3,(H,24,28). The van der Waals surface area contributed by atoms with Gasteiger partial charge in [-0.05, 0) is 63.1 Å². The van der Waals surface area contributed by atoms with Crippen LogP contribution in [0.15, 0.2) is 37.1 Å². The molecule has 12 nitrogen and oxygen atoms in total. The second-order valence-corrected chi connectivity index (χ2v) is 9.58. The molecule has 12 heteroatoms. The van der Waals surface area contributed by atoms with E-state index < -0.39 is 5.60 Å². The van der Waals surface area contributed by atoms with E-state index in [1.54, 1.807) is 11.1 Å². The molecular formula is C23H28N10O2. The first-order valence-electron chi connectivity index (χ1n) is 11.6. The van der Waals surface area contributed by atoms with Gasteiger partial charge in [0.15, 0.2) is 17.3 Å². The van der Waals surface area contributed by atoms with Crippen molar-refractivity contribution in [3.8, 4) is 5.82 Å². The number of hydrogen-bond acceptors (Lipinski definition) is 9. The zero-order valence-electron chi connectivity index (χ0n) is 20.2. The van der Waals surface area contributed by atoms with Crippen molar-refractivity contribution in [1.29, 1.82) is 0 Å². The van der Waals surface area contributed by atoms with Crippen molar-refractivity contribution in [3.63, 3.8) is 0 Å².